The molecular formula is C23H26FN3O5. The van der Waals surface area contributed by atoms with Crippen LogP contribution in [0, 0.1) is 17.7 Å². The minimum Gasteiger partial charge on any atom is -0.450 e. The van der Waals surface area contributed by atoms with Gasteiger partial charge in [0, 0.05) is 24.8 Å². The molecule has 0 radical (unpaired) electrons. The molecule has 9 heteroatoms. The third kappa shape index (κ3) is 3.35. The second kappa shape index (κ2) is 7.88. The molecule has 2 bridgehead atoms. The zero-order valence-corrected chi connectivity index (χ0v) is 17.8. The quantitative estimate of drug-likeness (QED) is 0.721. The Labute approximate surface area is 185 Å². The van der Waals surface area contributed by atoms with Gasteiger partial charge < -0.3 is 24.6 Å². The highest BCUT2D eigenvalue weighted by atomic mass is 19.1. The molecule has 32 heavy (non-hydrogen) atoms. The van der Waals surface area contributed by atoms with Crippen LogP contribution in [-0.2, 0) is 19.1 Å². The number of likely N-dealkylation sites (tertiary alicyclic amines) is 2. The van der Waals surface area contributed by atoms with E-state index in [0.717, 1.165) is 0 Å². The predicted molar refractivity (Wildman–Crippen MR) is 112 cm³/mol. The minimum absolute atomic E-state index is 0.00925. The first-order chi connectivity index (χ1) is 15.4. The summed E-state index contributed by atoms with van der Waals surface area (Å²) < 4.78 is 24.4. The molecule has 3 amide bonds. The molecule has 1 aromatic carbocycles. The molecule has 5 rings (SSSR count). The smallest absolute Gasteiger partial charge is 0.409 e. The number of nitrogens with one attached hydrogen (secondary N) is 1. The van der Waals surface area contributed by atoms with Gasteiger partial charge in [0.05, 0.1) is 31.1 Å². The van der Waals surface area contributed by atoms with Crippen LogP contribution in [-0.4, -0.2) is 71.7 Å². The van der Waals surface area contributed by atoms with Crippen molar-refractivity contribution in [2.45, 2.75) is 37.5 Å². The van der Waals surface area contributed by atoms with E-state index < -0.39 is 23.5 Å². The van der Waals surface area contributed by atoms with Crippen molar-refractivity contribution in [3.63, 3.8) is 0 Å². The van der Waals surface area contributed by atoms with Crippen molar-refractivity contribution in [2.75, 3.05) is 31.6 Å². The standard InChI is InChI=1S/C23H26FN3O5/c1-2-31-22(30)26-11-8-16(9-12-26)27-13-23-10-7-17(32-23)18(19(23)21(27)29)20(28)25-15-5-3-14(24)4-6-15/h3-7,10,16-19H,2,8-9,11-13H2,1H3,(H,25,28)/t17-,18?,19-,23?/m1/s1. The maximum atomic E-state index is 13.5. The molecule has 4 aliphatic rings. The summed E-state index contributed by atoms with van der Waals surface area (Å²) in [5, 5.41) is 2.80. The Morgan fingerprint density at radius 3 is 2.66 bits per heavy atom. The molecule has 0 aliphatic carbocycles. The Morgan fingerprint density at radius 2 is 1.97 bits per heavy atom. The first kappa shape index (κ1) is 20.9. The Kier molecular flexibility index (Phi) is 5.16. The molecule has 8 nitrogen and oxygen atoms in total. The number of hydrogen-bond acceptors (Lipinski definition) is 5. The summed E-state index contributed by atoms with van der Waals surface area (Å²) in [4.78, 5) is 42.0. The summed E-state index contributed by atoms with van der Waals surface area (Å²) in [6.45, 7) is 3.57. The van der Waals surface area contributed by atoms with E-state index in [9.17, 15) is 18.8 Å². The first-order valence-electron chi connectivity index (χ1n) is 11.1. The summed E-state index contributed by atoms with van der Waals surface area (Å²) in [6, 6.07) is 5.53. The maximum absolute atomic E-state index is 13.5. The SMILES string of the molecule is CCOC(=O)N1CCC(N2CC34C=C[C@@H](O3)C(C(=O)Nc3ccc(F)cc3)[C@@H]4C2=O)CC1. The van der Waals surface area contributed by atoms with Crippen LogP contribution in [0.5, 0.6) is 0 Å². The normalized spacial score (nSPS) is 31.2. The third-order valence-corrected chi connectivity index (χ3v) is 6.98. The van der Waals surface area contributed by atoms with E-state index in [2.05, 4.69) is 5.32 Å². The number of halogens is 1. The third-order valence-electron chi connectivity index (χ3n) is 6.98. The molecule has 4 heterocycles. The van der Waals surface area contributed by atoms with E-state index in [1.54, 1.807) is 11.8 Å². The molecule has 4 aliphatic heterocycles. The van der Waals surface area contributed by atoms with E-state index in [-0.39, 0.29) is 29.8 Å². The summed E-state index contributed by atoms with van der Waals surface area (Å²) in [5.74, 6) is -1.98. The van der Waals surface area contributed by atoms with Gasteiger partial charge in [0.25, 0.3) is 0 Å². The monoisotopic (exact) mass is 443 g/mol. The molecule has 1 N–H and O–H groups in total. The molecule has 3 fully saturated rings. The number of benzene rings is 1. The summed E-state index contributed by atoms with van der Waals surface area (Å²) in [6.07, 6.45) is 4.34. The number of anilines is 1. The molecule has 170 valence electrons. The fourth-order valence-electron chi connectivity index (χ4n) is 5.47. The van der Waals surface area contributed by atoms with Crippen molar-refractivity contribution in [2.24, 2.45) is 11.8 Å². The van der Waals surface area contributed by atoms with Crippen LogP contribution in [0.15, 0.2) is 36.4 Å². The lowest BCUT2D eigenvalue weighted by atomic mass is 9.76. The highest BCUT2D eigenvalue weighted by Gasteiger charge is 2.67. The van der Waals surface area contributed by atoms with Crippen LogP contribution in [0.2, 0.25) is 0 Å². The fourth-order valence-corrected chi connectivity index (χ4v) is 5.47. The van der Waals surface area contributed by atoms with Gasteiger partial charge in [-0.1, -0.05) is 12.2 Å². The Hall–Kier alpha value is -2.94. The second-order valence-corrected chi connectivity index (χ2v) is 8.78. The molecule has 2 unspecified atom stereocenters. The van der Waals surface area contributed by atoms with Gasteiger partial charge in [0.15, 0.2) is 0 Å². The highest BCUT2D eigenvalue weighted by molar-refractivity contribution is 5.99. The van der Waals surface area contributed by atoms with E-state index in [0.29, 0.717) is 44.8 Å². The number of nitrogens with zero attached hydrogens (tertiary/aromatic N) is 2. The van der Waals surface area contributed by atoms with Crippen molar-refractivity contribution < 1.29 is 28.2 Å². The summed E-state index contributed by atoms with van der Waals surface area (Å²) >= 11 is 0. The van der Waals surface area contributed by atoms with Gasteiger partial charge in [-0.2, -0.15) is 0 Å². The van der Waals surface area contributed by atoms with Gasteiger partial charge in [-0.25, -0.2) is 9.18 Å². The number of ether oxygens (including phenoxy) is 2. The van der Waals surface area contributed by atoms with Gasteiger partial charge in [-0.15, -0.1) is 0 Å². The molecular weight excluding hydrogens is 417 g/mol. The zero-order chi connectivity index (χ0) is 22.5. The number of amides is 3. The summed E-state index contributed by atoms with van der Waals surface area (Å²) in [7, 11) is 0. The van der Waals surface area contributed by atoms with Gasteiger partial charge in [-0.05, 0) is 44.0 Å². The van der Waals surface area contributed by atoms with Gasteiger partial charge >= 0.3 is 6.09 Å². The van der Waals surface area contributed by atoms with Gasteiger partial charge in [-0.3, -0.25) is 9.59 Å². The number of carbonyl (C=O) groups is 3. The van der Waals surface area contributed by atoms with Gasteiger partial charge in [0.1, 0.15) is 11.4 Å². The molecule has 3 saturated heterocycles. The van der Waals surface area contributed by atoms with E-state index >= 15 is 0 Å². The van der Waals surface area contributed by atoms with Crippen molar-refractivity contribution in [3.8, 4) is 0 Å². The molecule has 0 saturated carbocycles. The minimum atomic E-state index is -0.787. The summed E-state index contributed by atoms with van der Waals surface area (Å²) in [5.41, 5.74) is -0.309. The molecule has 1 spiro atoms. The molecule has 1 aromatic rings. The average Bonchev–Trinajstić information content (AvgIpc) is 3.44. The second-order valence-electron chi connectivity index (χ2n) is 8.78. The Bertz CT molecular complexity index is 959. The predicted octanol–water partition coefficient (Wildman–Crippen LogP) is 2.17. The van der Waals surface area contributed by atoms with E-state index in [1.165, 1.54) is 24.3 Å². The van der Waals surface area contributed by atoms with Crippen LogP contribution in [0.4, 0.5) is 14.9 Å². The Morgan fingerprint density at radius 1 is 1.25 bits per heavy atom. The fraction of sp³-hybridized carbons (Fsp3) is 0.522. The number of piperidine rings is 1. The lowest BCUT2D eigenvalue weighted by Crippen LogP contribution is -2.49. The first-order valence-corrected chi connectivity index (χ1v) is 11.1. The zero-order valence-electron chi connectivity index (χ0n) is 17.8. The number of carbonyl (C=O) groups excluding carboxylic acids is 3. The van der Waals surface area contributed by atoms with E-state index in [4.69, 9.17) is 9.47 Å². The lowest BCUT2D eigenvalue weighted by Gasteiger charge is -2.37. The molecule has 4 atom stereocenters. The van der Waals surface area contributed by atoms with Crippen LogP contribution in [0.3, 0.4) is 0 Å². The average molecular weight is 443 g/mol. The topological polar surface area (TPSA) is 88.2 Å². The van der Waals surface area contributed by atoms with Crippen molar-refractivity contribution in [3.05, 3.63) is 42.2 Å². The van der Waals surface area contributed by atoms with Gasteiger partial charge in [0.2, 0.25) is 11.8 Å². The lowest BCUT2D eigenvalue weighted by molar-refractivity contribution is -0.138. The van der Waals surface area contributed by atoms with E-state index in [1.807, 2.05) is 17.1 Å². The number of rotatable bonds is 4. The van der Waals surface area contributed by atoms with Crippen molar-refractivity contribution >= 4 is 23.6 Å². The highest BCUT2D eigenvalue weighted by Crippen LogP contribution is 2.52. The Balaban J connectivity index is 1.29. The van der Waals surface area contributed by atoms with Crippen LogP contribution in [0.1, 0.15) is 19.8 Å². The van der Waals surface area contributed by atoms with Crippen molar-refractivity contribution in [1.29, 1.82) is 0 Å². The molecule has 0 aromatic heterocycles. The van der Waals surface area contributed by atoms with Crippen LogP contribution in [0.25, 0.3) is 0 Å². The number of hydrogen-bond donors (Lipinski definition) is 1. The van der Waals surface area contributed by atoms with Crippen molar-refractivity contribution in [1.82, 2.24) is 9.80 Å². The maximum Gasteiger partial charge on any atom is 0.409 e. The van der Waals surface area contributed by atoms with Crippen LogP contribution < -0.4 is 5.32 Å². The van der Waals surface area contributed by atoms with Crippen LogP contribution >= 0.6 is 0 Å². The largest absolute Gasteiger partial charge is 0.450 e. The number of fused-ring (bicyclic) bond motifs is 1.